The summed E-state index contributed by atoms with van der Waals surface area (Å²) in [5.41, 5.74) is 2.31. The van der Waals surface area contributed by atoms with Crippen LogP contribution in [-0.2, 0) is 4.79 Å². The standard InChI is InChI=1S/C20H21N3O3/c1-26-18-9-5-4-8-17(18)22-12-10-21(11-13-22)14-23-16-7-3-2-6-15(16)19(24)20(23)25/h2-9H,10-14H2,1H3. The monoisotopic (exact) mass is 351 g/mol. The summed E-state index contributed by atoms with van der Waals surface area (Å²) in [6.07, 6.45) is 0. The molecule has 4 rings (SSSR count). The van der Waals surface area contributed by atoms with Crippen LogP contribution >= 0.6 is 0 Å². The lowest BCUT2D eigenvalue weighted by atomic mass is 10.1. The lowest BCUT2D eigenvalue weighted by Crippen LogP contribution is -2.51. The van der Waals surface area contributed by atoms with Crippen LogP contribution < -0.4 is 14.5 Å². The zero-order chi connectivity index (χ0) is 18.1. The molecule has 1 saturated heterocycles. The maximum Gasteiger partial charge on any atom is 0.300 e. The van der Waals surface area contributed by atoms with Crippen molar-refractivity contribution in [1.82, 2.24) is 4.90 Å². The quantitative estimate of drug-likeness (QED) is 0.789. The van der Waals surface area contributed by atoms with Gasteiger partial charge in [-0.1, -0.05) is 24.3 Å². The van der Waals surface area contributed by atoms with E-state index in [9.17, 15) is 9.59 Å². The Morgan fingerprint density at radius 3 is 2.27 bits per heavy atom. The minimum atomic E-state index is -0.432. The first kappa shape index (κ1) is 16.6. The highest BCUT2D eigenvalue weighted by molar-refractivity contribution is 6.52. The van der Waals surface area contributed by atoms with Gasteiger partial charge in [-0.05, 0) is 24.3 Å². The Kier molecular flexibility index (Phi) is 4.34. The predicted octanol–water partition coefficient (Wildman–Crippen LogP) is 2.00. The fourth-order valence-corrected chi connectivity index (χ4v) is 3.61. The van der Waals surface area contributed by atoms with Gasteiger partial charge in [0.1, 0.15) is 5.75 Å². The van der Waals surface area contributed by atoms with Crippen molar-refractivity contribution >= 4 is 23.1 Å². The SMILES string of the molecule is COc1ccccc1N1CCN(CN2C(=O)C(=O)c3ccccc32)CC1. The molecule has 2 aromatic rings. The predicted molar refractivity (Wildman–Crippen MR) is 99.9 cm³/mol. The highest BCUT2D eigenvalue weighted by Gasteiger charge is 2.36. The molecule has 2 aliphatic rings. The second-order valence-electron chi connectivity index (χ2n) is 6.50. The van der Waals surface area contributed by atoms with Crippen LogP contribution in [0.15, 0.2) is 48.5 Å². The number of nitrogens with zero attached hydrogens (tertiary/aromatic N) is 3. The number of piperazine rings is 1. The number of ketones is 1. The summed E-state index contributed by atoms with van der Waals surface area (Å²) in [5.74, 6) is 0.0295. The molecule has 2 heterocycles. The first-order valence-corrected chi connectivity index (χ1v) is 8.74. The third-order valence-corrected chi connectivity index (χ3v) is 5.02. The zero-order valence-corrected chi connectivity index (χ0v) is 14.7. The van der Waals surface area contributed by atoms with Gasteiger partial charge in [0.15, 0.2) is 0 Å². The number of ether oxygens (including phenoxy) is 1. The van der Waals surface area contributed by atoms with Crippen molar-refractivity contribution in [3.63, 3.8) is 0 Å². The average molecular weight is 351 g/mol. The Morgan fingerprint density at radius 2 is 1.54 bits per heavy atom. The third-order valence-electron chi connectivity index (χ3n) is 5.02. The minimum Gasteiger partial charge on any atom is -0.495 e. The van der Waals surface area contributed by atoms with E-state index in [1.54, 1.807) is 24.1 Å². The van der Waals surface area contributed by atoms with Gasteiger partial charge < -0.3 is 9.64 Å². The molecule has 6 heteroatoms. The van der Waals surface area contributed by atoms with E-state index in [2.05, 4.69) is 15.9 Å². The second kappa shape index (κ2) is 6.80. The van der Waals surface area contributed by atoms with E-state index in [1.165, 1.54) is 0 Å². The molecule has 134 valence electrons. The number of carbonyl (C=O) groups excluding carboxylic acids is 2. The Bertz CT molecular complexity index is 844. The second-order valence-corrected chi connectivity index (χ2v) is 6.50. The van der Waals surface area contributed by atoms with Crippen LogP contribution in [0, 0.1) is 0 Å². The van der Waals surface area contributed by atoms with E-state index in [-0.39, 0.29) is 0 Å². The molecule has 1 fully saturated rings. The Balaban J connectivity index is 1.43. The third kappa shape index (κ3) is 2.82. The van der Waals surface area contributed by atoms with Gasteiger partial charge in [-0.15, -0.1) is 0 Å². The molecule has 2 aliphatic heterocycles. The Labute approximate surface area is 152 Å². The van der Waals surface area contributed by atoms with Crippen LogP contribution in [0.3, 0.4) is 0 Å². The van der Waals surface area contributed by atoms with Crippen LogP contribution in [0.5, 0.6) is 5.75 Å². The molecule has 0 unspecified atom stereocenters. The molecule has 0 aromatic heterocycles. The van der Waals surface area contributed by atoms with Gasteiger partial charge in [-0.3, -0.25) is 19.4 Å². The van der Waals surface area contributed by atoms with Crippen LogP contribution in [-0.4, -0.2) is 56.5 Å². The van der Waals surface area contributed by atoms with Crippen molar-refractivity contribution in [2.45, 2.75) is 0 Å². The summed E-state index contributed by atoms with van der Waals surface area (Å²) in [6, 6.07) is 15.2. The van der Waals surface area contributed by atoms with Crippen LogP contribution in [0.2, 0.25) is 0 Å². The van der Waals surface area contributed by atoms with E-state index < -0.39 is 11.7 Å². The summed E-state index contributed by atoms with van der Waals surface area (Å²) in [4.78, 5) is 30.5. The van der Waals surface area contributed by atoms with Crippen molar-refractivity contribution in [3.05, 3.63) is 54.1 Å². The number of fused-ring (bicyclic) bond motifs is 1. The molecule has 0 radical (unpaired) electrons. The first-order chi connectivity index (χ1) is 12.7. The smallest absolute Gasteiger partial charge is 0.300 e. The number of methoxy groups -OCH3 is 1. The average Bonchev–Trinajstić information content (AvgIpc) is 2.94. The lowest BCUT2D eigenvalue weighted by Gasteiger charge is -2.38. The first-order valence-electron chi connectivity index (χ1n) is 8.74. The molecule has 0 saturated carbocycles. The van der Waals surface area contributed by atoms with Gasteiger partial charge in [0.05, 0.1) is 30.7 Å². The van der Waals surface area contributed by atoms with Crippen LogP contribution in [0.4, 0.5) is 11.4 Å². The number of para-hydroxylation sites is 3. The van der Waals surface area contributed by atoms with Crippen LogP contribution in [0.25, 0.3) is 0 Å². The van der Waals surface area contributed by atoms with E-state index in [1.807, 2.05) is 30.3 Å². The molecule has 0 aliphatic carbocycles. The lowest BCUT2D eigenvalue weighted by molar-refractivity contribution is -0.114. The molecule has 6 nitrogen and oxygen atoms in total. The van der Waals surface area contributed by atoms with Gasteiger partial charge in [0.2, 0.25) is 0 Å². The molecule has 0 spiro atoms. The minimum absolute atomic E-state index is 0.409. The molecule has 26 heavy (non-hydrogen) atoms. The maximum absolute atomic E-state index is 12.3. The number of benzene rings is 2. The number of Topliss-reactive ketones (excluding diaryl/α,β-unsaturated/α-hetero) is 1. The molecule has 0 atom stereocenters. The van der Waals surface area contributed by atoms with Crippen molar-refractivity contribution in [1.29, 1.82) is 0 Å². The largest absolute Gasteiger partial charge is 0.495 e. The van der Waals surface area contributed by atoms with E-state index >= 15 is 0 Å². The van der Waals surface area contributed by atoms with Crippen molar-refractivity contribution in [2.75, 3.05) is 49.8 Å². The molecule has 1 amide bonds. The summed E-state index contributed by atoms with van der Waals surface area (Å²) in [7, 11) is 1.68. The fraction of sp³-hybridized carbons (Fsp3) is 0.300. The normalized spacial score (nSPS) is 17.6. The molecular formula is C20H21N3O3. The summed E-state index contributed by atoms with van der Waals surface area (Å²) >= 11 is 0. The van der Waals surface area contributed by atoms with Crippen molar-refractivity contribution in [3.8, 4) is 5.75 Å². The number of carbonyl (C=O) groups is 2. The van der Waals surface area contributed by atoms with Gasteiger partial charge in [-0.2, -0.15) is 0 Å². The fourth-order valence-electron chi connectivity index (χ4n) is 3.61. The van der Waals surface area contributed by atoms with E-state index in [4.69, 9.17) is 4.74 Å². The van der Waals surface area contributed by atoms with Gasteiger partial charge in [0.25, 0.3) is 5.78 Å². The summed E-state index contributed by atoms with van der Waals surface area (Å²) < 4.78 is 5.45. The van der Waals surface area contributed by atoms with Gasteiger partial charge in [0, 0.05) is 26.2 Å². The molecule has 0 bridgehead atoms. The van der Waals surface area contributed by atoms with Crippen LogP contribution in [0.1, 0.15) is 10.4 Å². The molecule has 2 aromatic carbocycles. The zero-order valence-electron chi connectivity index (χ0n) is 14.7. The molecule has 0 N–H and O–H groups in total. The van der Waals surface area contributed by atoms with E-state index in [0.717, 1.165) is 43.3 Å². The van der Waals surface area contributed by atoms with Gasteiger partial charge in [-0.25, -0.2) is 0 Å². The summed E-state index contributed by atoms with van der Waals surface area (Å²) in [6.45, 7) is 3.77. The van der Waals surface area contributed by atoms with Crippen molar-refractivity contribution in [2.24, 2.45) is 0 Å². The number of amides is 1. The summed E-state index contributed by atoms with van der Waals surface area (Å²) in [5, 5.41) is 0. The molecular weight excluding hydrogens is 330 g/mol. The Hall–Kier alpha value is -2.86. The number of anilines is 2. The highest BCUT2D eigenvalue weighted by Crippen LogP contribution is 2.30. The highest BCUT2D eigenvalue weighted by atomic mass is 16.5. The number of hydrogen-bond acceptors (Lipinski definition) is 5. The van der Waals surface area contributed by atoms with Crippen molar-refractivity contribution < 1.29 is 14.3 Å². The number of rotatable bonds is 4. The Morgan fingerprint density at radius 1 is 0.885 bits per heavy atom. The van der Waals surface area contributed by atoms with E-state index in [0.29, 0.717) is 12.2 Å². The number of hydrogen-bond donors (Lipinski definition) is 0. The van der Waals surface area contributed by atoms with Gasteiger partial charge >= 0.3 is 5.91 Å². The topological polar surface area (TPSA) is 53.1 Å². The maximum atomic E-state index is 12.3.